The number of nitrogens with zero attached hydrogens (tertiary/aromatic N) is 2. The van der Waals surface area contributed by atoms with Crippen molar-refractivity contribution < 1.29 is 14.6 Å². The molecule has 30 heavy (non-hydrogen) atoms. The van der Waals surface area contributed by atoms with Crippen molar-refractivity contribution in [1.29, 1.82) is 0 Å². The molecule has 0 radical (unpaired) electrons. The molecule has 154 valence electrons. The molecule has 0 spiro atoms. The van der Waals surface area contributed by atoms with E-state index in [1.165, 1.54) is 12.5 Å². The smallest absolute Gasteiger partial charge is 0.221 e. The van der Waals surface area contributed by atoms with Gasteiger partial charge in [0, 0.05) is 50.2 Å². The Kier molecular flexibility index (Phi) is 6.07. The first-order valence-electron chi connectivity index (χ1n) is 10.0. The second-order valence-electron chi connectivity index (χ2n) is 7.49. The summed E-state index contributed by atoms with van der Waals surface area (Å²) in [6.45, 7) is 4.44. The maximum atomic E-state index is 11.2. The number of rotatable bonds is 5. The minimum Gasteiger partial charge on any atom is -0.492 e. The fourth-order valence-corrected chi connectivity index (χ4v) is 3.67. The van der Waals surface area contributed by atoms with Crippen molar-refractivity contribution in [2.24, 2.45) is 0 Å². The van der Waals surface area contributed by atoms with Crippen molar-refractivity contribution in [3.8, 4) is 5.75 Å². The highest BCUT2D eigenvalue weighted by atomic mass is 16.5. The van der Waals surface area contributed by atoms with E-state index in [9.17, 15) is 9.90 Å². The van der Waals surface area contributed by atoms with Gasteiger partial charge in [0.1, 0.15) is 18.5 Å². The Labute approximate surface area is 176 Å². The van der Waals surface area contributed by atoms with E-state index in [1.54, 1.807) is 12.4 Å². The van der Waals surface area contributed by atoms with Crippen LogP contribution in [0.3, 0.4) is 0 Å². The number of ether oxygens (including phenoxy) is 1. The topological polar surface area (TPSA) is 74.7 Å². The van der Waals surface area contributed by atoms with E-state index in [0.29, 0.717) is 6.61 Å². The standard InChI is InChI=1S/C24H25N3O3/c1-17(28)26-22-5-2-18(3-6-22)15-27-12-13-30-23-7-4-20(14-21(23)16-27)24(29)19-8-10-25-11-9-19/h2-11,14,24,29H,12-13,15-16H2,1H3,(H,26,28). The Morgan fingerprint density at radius 1 is 1.13 bits per heavy atom. The average molecular weight is 403 g/mol. The zero-order chi connectivity index (χ0) is 20.9. The number of fused-ring (bicyclic) bond motifs is 1. The summed E-state index contributed by atoms with van der Waals surface area (Å²) >= 11 is 0. The predicted octanol–water partition coefficient (Wildman–Crippen LogP) is 3.52. The number of nitrogens with one attached hydrogen (secondary N) is 1. The summed E-state index contributed by atoms with van der Waals surface area (Å²) in [4.78, 5) is 17.5. The van der Waals surface area contributed by atoms with Crippen LogP contribution < -0.4 is 10.1 Å². The van der Waals surface area contributed by atoms with Crippen LogP contribution in [0.5, 0.6) is 5.75 Å². The van der Waals surface area contributed by atoms with Crippen molar-refractivity contribution in [3.05, 3.63) is 89.2 Å². The van der Waals surface area contributed by atoms with Crippen LogP contribution in [0.15, 0.2) is 67.0 Å². The van der Waals surface area contributed by atoms with E-state index in [4.69, 9.17) is 4.74 Å². The third-order valence-electron chi connectivity index (χ3n) is 5.16. The summed E-state index contributed by atoms with van der Waals surface area (Å²) < 4.78 is 5.94. The summed E-state index contributed by atoms with van der Waals surface area (Å²) in [7, 11) is 0. The largest absolute Gasteiger partial charge is 0.492 e. The predicted molar refractivity (Wildman–Crippen MR) is 115 cm³/mol. The first-order valence-corrected chi connectivity index (χ1v) is 10.0. The van der Waals surface area contributed by atoms with Crippen LogP contribution in [-0.4, -0.2) is 34.0 Å². The lowest BCUT2D eigenvalue weighted by atomic mass is 10.00. The van der Waals surface area contributed by atoms with Crippen molar-refractivity contribution >= 4 is 11.6 Å². The molecular weight excluding hydrogens is 378 g/mol. The zero-order valence-electron chi connectivity index (χ0n) is 16.9. The maximum Gasteiger partial charge on any atom is 0.221 e. The third-order valence-corrected chi connectivity index (χ3v) is 5.16. The SMILES string of the molecule is CC(=O)Nc1ccc(CN2CCOc3ccc(C(O)c4ccncc4)cc3C2)cc1. The van der Waals surface area contributed by atoms with Crippen LogP contribution in [0.4, 0.5) is 5.69 Å². The number of anilines is 1. The van der Waals surface area contributed by atoms with Gasteiger partial charge in [0.25, 0.3) is 0 Å². The van der Waals surface area contributed by atoms with Crippen molar-refractivity contribution in [3.63, 3.8) is 0 Å². The first kappa shape index (κ1) is 20.1. The molecule has 3 aromatic rings. The number of carbonyl (C=O) groups is 1. The summed E-state index contributed by atoms with van der Waals surface area (Å²) in [5.74, 6) is 0.790. The zero-order valence-corrected chi connectivity index (χ0v) is 16.9. The van der Waals surface area contributed by atoms with Crippen molar-refractivity contribution in [2.45, 2.75) is 26.1 Å². The molecule has 0 aliphatic carbocycles. The highest BCUT2D eigenvalue weighted by Crippen LogP contribution is 2.30. The molecule has 0 fully saturated rings. The van der Waals surface area contributed by atoms with Gasteiger partial charge in [-0.05, 0) is 53.1 Å². The molecule has 0 saturated heterocycles. The molecular formula is C24H25N3O3. The third kappa shape index (κ3) is 4.84. The number of hydrogen-bond donors (Lipinski definition) is 2. The molecule has 1 amide bonds. The summed E-state index contributed by atoms with van der Waals surface area (Å²) in [6.07, 6.45) is 2.67. The fourth-order valence-electron chi connectivity index (χ4n) is 3.67. The van der Waals surface area contributed by atoms with Gasteiger partial charge in [-0.3, -0.25) is 14.7 Å². The van der Waals surface area contributed by atoms with Gasteiger partial charge in [0.2, 0.25) is 5.91 Å². The van der Waals surface area contributed by atoms with Gasteiger partial charge in [0.15, 0.2) is 0 Å². The van der Waals surface area contributed by atoms with Crippen LogP contribution in [0, 0.1) is 0 Å². The van der Waals surface area contributed by atoms with Gasteiger partial charge in [-0.2, -0.15) is 0 Å². The summed E-state index contributed by atoms with van der Waals surface area (Å²) in [5, 5.41) is 13.5. The van der Waals surface area contributed by atoms with Crippen LogP contribution >= 0.6 is 0 Å². The van der Waals surface area contributed by atoms with Gasteiger partial charge in [-0.25, -0.2) is 0 Å². The molecule has 4 rings (SSSR count). The number of amides is 1. The molecule has 0 saturated carbocycles. The number of pyridine rings is 1. The Hall–Kier alpha value is -3.22. The van der Waals surface area contributed by atoms with E-state index in [2.05, 4.69) is 15.2 Å². The van der Waals surface area contributed by atoms with Crippen molar-refractivity contribution in [2.75, 3.05) is 18.5 Å². The monoisotopic (exact) mass is 403 g/mol. The Morgan fingerprint density at radius 2 is 1.90 bits per heavy atom. The number of aliphatic hydroxyl groups is 1. The lowest BCUT2D eigenvalue weighted by Gasteiger charge is -2.20. The minimum absolute atomic E-state index is 0.0752. The lowest BCUT2D eigenvalue weighted by molar-refractivity contribution is -0.114. The molecule has 2 aromatic carbocycles. The molecule has 0 bridgehead atoms. The van der Waals surface area contributed by atoms with E-state index in [1.807, 2.05) is 54.6 Å². The van der Waals surface area contributed by atoms with E-state index in [-0.39, 0.29) is 5.91 Å². The lowest BCUT2D eigenvalue weighted by Crippen LogP contribution is -2.25. The number of hydrogen-bond acceptors (Lipinski definition) is 5. The van der Waals surface area contributed by atoms with E-state index in [0.717, 1.165) is 47.8 Å². The number of aromatic nitrogens is 1. The molecule has 2 heterocycles. The maximum absolute atomic E-state index is 11.2. The first-order chi connectivity index (χ1) is 14.6. The highest BCUT2D eigenvalue weighted by Gasteiger charge is 2.18. The van der Waals surface area contributed by atoms with Crippen LogP contribution in [0.25, 0.3) is 0 Å². The summed E-state index contributed by atoms with van der Waals surface area (Å²) in [5.41, 5.74) is 4.68. The molecule has 1 aliphatic heterocycles. The van der Waals surface area contributed by atoms with Gasteiger partial charge >= 0.3 is 0 Å². The second kappa shape index (κ2) is 9.07. The molecule has 1 aromatic heterocycles. The second-order valence-corrected chi connectivity index (χ2v) is 7.49. The molecule has 2 N–H and O–H groups in total. The van der Waals surface area contributed by atoms with Crippen LogP contribution in [0.2, 0.25) is 0 Å². The normalized spacial score (nSPS) is 14.9. The Morgan fingerprint density at radius 3 is 2.63 bits per heavy atom. The summed E-state index contributed by atoms with van der Waals surface area (Å²) in [6, 6.07) is 17.4. The fraction of sp³-hybridized carbons (Fsp3) is 0.250. The highest BCUT2D eigenvalue weighted by molar-refractivity contribution is 5.88. The Balaban J connectivity index is 1.49. The number of benzene rings is 2. The quantitative estimate of drug-likeness (QED) is 0.682. The Bertz CT molecular complexity index is 1010. The number of carbonyl (C=O) groups excluding carboxylic acids is 1. The number of aliphatic hydroxyl groups excluding tert-OH is 1. The van der Waals surface area contributed by atoms with Crippen molar-refractivity contribution in [1.82, 2.24) is 9.88 Å². The molecule has 6 heteroatoms. The molecule has 1 aliphatic rings. The van der Waals surface area contributed by atoms with Crippen LogP contribution in [-0.2, 0) is 17.9 Å². The van der Waals surface area contributed by atoms with Gasteiger partial charge < -0.3 is 15.2 Å². The average Bonchev–Trinajstić information content (AvgIpc) is 2.96. The molecule has 6 nitrogen and oxygen atoms in total. The van der Waals surface area contributed by atoms with E-state index < -0.39 is 6.10 Å². The van der Waals surface area contributed by atoms with Gasteiger partial charge in [-0.1, -0.05) is 18.2 Å². The van der Waals surface area contributed by atoms with Gasteiger partial charge in [0.05, 0.1) is 0 Å². The minimum atomic E-state index is -0.698. The van der Waals surface area contributed by atoms with Crippen LogP contribution in [0.1, 0.15) is 35.3 Å². The van der Waals surface area contributed by atoms with Gasteiger partial charge in [-0.15, -0.1) is 0 Å². The molecule has 1 atom stereocenters. The van der Waals surface area contributed by atoms with E-state index >= 15 is 0 Å². The molecule has 1 unspecified atom stereocenters.